The number of nitrogens with two attached hydrogens (primary N) is 1. The van der Waals surface area contributed by atoms with Crippen LogP contribution in [0, 0.1) is 0 Å². The summed E-state index contributed by atoms with van der Waals surface area (Å²) in [6.07, 6.45) is 0. The van der Waals surface area contributed by atoms with Crippen LogP contribution < -0.4 is 5.73 Å². The number of nitrogens with one attached hydrogen (secondary N) is 1. The van der Waals surface area contributed by atoms with Crippen LogP contribution in [0.1, 0.15) is 10.4 Å². The number of carbonyl (C=O) groups excluding carboxylic acids is 1. The van der Waals surface area contributed by atoms with Crippen LogP contribution in [-0.2, 0) is 0 Å². The molecule has 148 valence electrons. The lowest BCUT2D eigenvalue weighted by Gasteiger charge is -2.06. The zero-order valence-electron chi connectivity index (χ0n) is 15.5. The van der Waals surface area contributed by atoms with Crippen molar-refractivity contribution in [3.8, 4) is 11.3 Å². The molecule has 0 atom stereocenters. The van der Waals surface area contributed by atoms with Gasteiger partial charge < -0.3 is 15.9 Å². The zero-order valence-corrected chi connectivity index (χ0v) is 17.0. The predicted octanol–water partition coefficient (Wildman–Crippen LogP) is 5.33. The summed E-state index contributed by atoms with van der Waals surface area (Å²) < 4.78 is 1.08. The number of nitrogens with zero attached hydrogens (tertiary/aromatic N) is 2. The maximum atomic E-state index is 11.6. The molecule has 0 aliphatic carbocycles. The number of aromatic amines is 1. The summed E-state index contributed by atoms with van der Waals surface area (Å²) in [4.78, 5) is 20.4. The number of primary amides is 1. The van der Waals surface area contributed by atoms with E-state index in [1.807, 2.05) is 36.4 Å². The fourth-order valence-corrected chi connectivity index (χ4v) is 4.64. The van der Waals surface area contributed by atoms with E-state index in [9.17, 15) is 10.0 Å². The van der Waals surface area contributed by atoms with E-state index in [1.165, 1.54) is 11.8 Å². The van der Waals surface area contributed by atoms with Gasteiger partial charge in [-0.3, -0.25) is 4.79 Å². The SMILES string of the molecule is NC(=O)c1ccc2c(Sc3nc4ccccc4[nH]3)c(-c3ccc(Cl)cc3)n(O)c2c1. The Kier molecular flexibility index (Phi) is 4.42. The molecule has 0 spiro atoms. The minimum absolute atomic E-state index is 0.318. The van der Waals surface area contributed by atoms with Gasteiger partial charge in [-0.1, -0.05) is 41.9 Å². The van der Waals surface area contributed by atoms with E-state index in [2.05, 4.69) is 9.97 Å². The van der Waals surface area contributed by atoms with Crippen LogP contribution in [0.5, 0.6) is 0 Å². The van der Waals surface area contributed by atoms with E-state index in [1.54, 1.807) is 30.3 Å². The number of rotatable bonds is 4. The second-order valence-electron chi connectivity index (χ2n) is 6.75. The third-order valence-electron chi connectivity index (χ3n) is 4.87. The number of benzene rings is 3. The predicted molar refractivity (Wildman–Crippen MR) is 118 cm³/mol. The molecule has 5 rings (SSSR count). The molecule has 2 heterocycles. The van der Waals surface area contributed by atoms with E-state index in [0.717, 1.165) is 31.6 Å². The van der Waals surface area contributed by atoms with Gasteiger partial charge in [-0.05, 0) is 48.2 Å². The number of carbonyl (C=O) groups is 1. The van der Waals surface area contributed by atoms with E-state index < -0.39 is 5.91 Å². The topological polar surface area (TPSA) is 96.9 Å². The van der Waals surface area contributed by atoms with Crippen molar-refractivity contribution in [2.45, 2.75) is 10.1 Å². The molecule has 0 unspecified atom stereocenters. The molecule has 0 aliphatic rings. The first-order valence-corrected chi connectivity index (χ1v) is 10.3. The largest absolute Gasteiger partial charge is 0.428 e. The smallest absolute Gasteiger partial charge is 0.248 e. The van der Waals surface area contributed by atoms with Gasteiger partial charge in [0.1, 0.15) is 5.69 Å². The number of halogens is 1. The Bertz CT molecular complexity index is 1390. The second kappa shape index (κ2) is 7.12. The van der Waals surface area contributed by atoms with Crippen molar-refractivity contribution in [1.29, 1.82) is 0 Å². The number of aromatic nitrogens is 3. The number of hydrogen-bond acceptors (Lipinski definition) is 4. The number of fused-ring (bicyclic) bond motifs is 2. The molecule has 8 heteroatoms. The highest BCUT2D eigenvalue weighted by Gasteiger charge is 2.22. The van der Waals surface area contributed by atoms with Crippen LogP contribution >= 0.6 is 23.4 Å². The number of amides is 1. The van der Waals surface area contributed by atoms with E-state index in [-0.39, 0.29) is 0 Å². The van der Waals surface area contributed by atoms with Crippen LogP contribution in [-0.4, -0.2) is 25.8 Å². The Morgan fingerprint density at radius 2 is 1.87 bits per heavy atom. The van der Waals surface area contributed by atoms with Gasteiger partial charge in [-0.15, -0.1) is 0 Å². The maximum absolute atomic E-state index is 11.6. The van der Waals surface area contributed by atoms with E-state index in [0.29, 0.717) is 27.0 Å². The van der Waals surface area contributed by atoms with Crippen LogP contribution in [0.2, 0.25) is 5.02 Å². The number of para-hydroxylation sites is 2. The molecule has 2 aromatic heterocycles. The lowest BCUT2D eigenvalue weighted by atomic mass is 10.1. The molecule has 0 aliphatic heterocycles. The van der Waals surface area contributed by atoms with Gasteiger partial charge in [0, 0.05) is 21.5 Å². The van der Waals surface area contributed by atoms with Crippen molar-refractivity contribution in [3.05, 3.63) is 77.3 Å². The summed E-state index contributed by atoms with van der Waals surface area (Å²) in [5, 5.41) is 13.1. The average Bonchev–Trinajstić information content (AvgIpc) is 3.27. The molecule has 4 N–H and O–H groups in total. The van der Waals surface area contributed by atoms with Gasteiger partial charge in [0.15, 0.2) is 5.16 Å². The van der Waals surface area contributed by atoms with Crippen molar-refractivity contribution >= 4 is 51.2 Å². The molecular weight excluding hydrogens is 420 g/mol. The summed E-state index contributed by atoms with van der Waals surface area (Å²) in [5.41, 5.74) is 9.37. The minimum atomic E-state index is -0.558. The molecule has 0 radical (unpaired) electrons. The second-order valence-corrected chi connectivity index (χ2v) is 8.19. The number of imidazole rings is 1. The van der Waals surface area contributed by atoms with E-state index in [4.69, 9.17) is 17.3 Å². The maximum Gasteiger partial charge on any atom is 0.248 e. The van der Waals surface area contributed by atoms with Gasteiger partial charge in [0.2, 0.25) is 5.91 Å². The van der Waals surface area contributed by atoms with Gasteiger partial charge in [0.05, 0.1) is 21.4 Å². The summed E-state index contributed by atoms with van der Waals surface area (Å²) in [5.74, 6) is -0.558. The highest BCUT2D eigenvalue weighted by Crippen LogP contribution is 2.42. The van der Waals surface area contributed by atoms with Crippen LogP contribution in [0.25, 0.3) is 33.2 Å². The first-order valence-electron chi connectivity index (χ1n) is 9.07. The van der Waals surface area contributed by atoms with Gasteiger partial charge >= 0.3 is 0 Å². The third kappa shape index (κ3) is 3.08. The molecule has 1 amide bonds. The van der Waals surface area contributed by atoms with Crippen molar-refractivity contribution in [1.82, 2.24) is 14.7 Å². The Hall–Kier alpha value is -3.42. The van der Waals surface area contributed by atoms with Gasteiger partial charge in [-0.25, -0.2) is 4.98 Å². The summed E-state index contributed by atoms with van der Waals surface area (Å²) in [7, 11) is 0. The lowest BCUT2D eigenvalue weighted by Crippen LogP contribution is -2.10. The van der Waals surface area contributed by atoms with Crippen molar-refractivity contribution in [3.63, 3.8) is 0 Å². The Morgan fingerprint density at radius 1 is 1.10 bits per heavy atom. The molecule has 6 nitrogen and oxygen atoms in total. The van der Waals surface area contributed by atoms with Crippen molar-refractivity contribution in [2.75, 3.05) is 0 Å². The highest BCUT2D eigenvalue weighted by atomic mass is 35.5. The number of H-pyrrole nitrogens is 1. The Labute approximate surface area is 180 Å². The first-order chi connectivity index (χ1) is 14.5. The monoisotopic (exact) mass is 434 g/mol. The molecule has 0 bridgehead atoms. The zero-order chi connectivity index (χ0) is 20.8. The molecule has 5 aromatic rings. The average molecular weight is 435 g/mol. The van der Waals surface area contributed by atoms with Crippen molar-refractivity contribution < 1.29 is 10.0 Å². The van der Waals surface area contributed by atoms with Gasteiger partial charge in [0.25, 0.3) is 0 Å². The molecule has 30 heavy (non-hydrogen) atoms. The summed E-state index contributed by atoms with van der Waals surface area (Å²) in [6.45, 7) is 0. The summed E-state index contributed by atoms with van der Waals surface area (Å²) in [6, 6.07) is 20.0. The molecule has 3 aromatic carbocycles. The van der Waals surface area contributed by atoms with Gasteiger partial charge in [-0.2, -0.15) is 4.73 Å². The van der Waals surface area contributed by atoms with Crippen LogP contribution in [0.3, 0.4) is 0 Å². The van der Waals surface area contributed by atoms with E-state index >= 15 is 0 Å². The summed E-state index contributed by atoms with van der Waals surface area (Å²) >= 11 is 7.45. The quantitative estimate of drug-likeness (QED) is 0.333. The number of hydrogen-bond donors (Lipinski definition) is 3. The lowest BCUT2D eigenvalue weighted by molar-refractivity contribution is 0.100. The molecule has 0 fully saturated rings. The molecule has 0 saturated heterocycles. The fraction of sp³-hybridized carbons (Fsp3) is 0. The van der Waals surface area contributed by atoms with Crippen molar-refractivity contribution in [2.24, 2.45) is 5.73 Å². The van der Waals surface area contributed by atoms with Crippen LogP contribution in [0.4, 0.5) is 0 Å². The fourth-order valence-electron chi connectivity index (χ4n) is 3.44. The van der Waals surface area contributed by atoms with Crippen LogP contribution in [0.15, 0.2) is 76.8 Å². The minimum Gasteiger partial charge on any atom is -0.428 e. The third-order valence-corrected chi connectivity index (χ3v) is 6.12. The molecular formula is C22H15ClN4O2S. The highest BCUT2D eigenvalue weighted by molar-refractivity contribution is 7.99. The normalized spacial score (nSPS) is 11.4. The molecule has 0 saturated carbocycles. The standard InChI is InChI=1S/C22H15ClN4O2S/c23-14-8-5-12(6-9-14)19-20(30-22-25-16-3-1-2-4-17(16)26-22)15-10-7-13(21(24)28)11-18(15)27(19)29/h1-11,29H,(H2,24,28)(H,25,26). The first kappa shape index (κ1) is 18.6. The Balaban J connectivity index is 1.74. The Morgan fingerprint density at radius 3 is 2.60 bits per heavy atom.